The number of amides is 1. The number of aromatic amines is 1. The summed E-state index contributed by atoms with van der Waals surface area (Å²) in [6, 6.07) is 15.1. The van der Waals surface area contributed by atoms with Crippen LogP contribution in [0, 0.1) is 0 Å². The van der Waals surface area contributed by atoms with Crippen molar-refractivity contribution >= 4 is 28.2 Å². The average Bonchev–Trinajstić information content (AvgIpc) is 2.85. The van der Waals surface area contributed by atoms with Gasteiger partial charge in [0.2, 0.25) is 5.91 Å². The number of nitrogens with one attached hydrogen (secondary N) is 2. The van der Waals surface area contributed by atoms with Crippen molar-refractivity contribution in [3.05, 3.63) is 60.3 Å². The first-order chi connectivity index (χ1) is 9.72. The molecular weight excluding hydrogens is 250 g/mol. The molecule has 0 aliphatic rings. The Labute approximate surface area is 116 Å². The lowest BCUT2D eigenvalue weighted by molar-refractivity contribution is -0.115. The molecule has 0 bridgehead atoms. The van der Waals surface area contributed by atoms with E-state index in [9.17, 15) is 4.79 Å². The number of H-pyrrole nitrogens is 1. The van der Waals surface area contributed by atoms with E-state index in [-0.39, 0.29) is 5.91 Å². The van der Waals surface area contributed by atoms with Gasteiger partial charge in [0.15, 0.2) is 0 Å². The predicted octanol–water partition coefficient (Wildman–Crippen LogP) is 2.93. The largest absolute Gasteiger partial charge is 0.399 e. The summed E-state index contributed by atoms with van der Waals surface area (Å²) in [4.78, 5) is 15.2. The average molecular weight is 265 g/mol. The van der Waals surface area contributed by atoms with Gasteiger partial charge in [-0.05, 0) is 35.9 Å². The number of anilines is 2. The van der Waals surface area contributed by atoms with Crippen LogP contribution in [0.25, 0.3) is 10.9 Å². The molecule has 0 fully saturated rings. The molecular formula is C16H15N3O. The van der Waals surface area contributed by atoms with Crippen molar-refractivity contribution < 1.29 is 4.79 Å². The molecule has 1 amide bonds. The van der Waals surface area contributed by atoms with Gasteiger partial charge in [0, 0.05) is 28.5 Å². The van der Waals surface area contributed by atoms with Gasteiger partial charge in [0.1, 0.15) is 0 Å². The first kappa shape index (κ1) is 12.3. The SMILES string of the molecule is Nc1ccc(NC(=O)Cc2c[nH]c3ccccc23)cc1. The Morgan fingerprint density at radius 1 is 1.10 bits per heavy atom. The number of hydrogen-bond donors (Lipinski definition) is 3. The monoisotopic (exact) mass is 265 g/mol. The summed E-state index contributed by atoms with van der Waals surface area (Å²) in [6.45, 7) is 0. The third kappa shape index (κ3) is 2.49. The zero-order chi connectivity index (χ0) is 13.9. The lowest BCUT2D eigenvalue weighted by Gasteiger charge is -2.05. The van der Waals surface area contributed by atoms with Crippen LogP contribution >= 0.6 is 0 Å². The lowest BCUT2D eigenvalue weighted by atomic mass is 10.1. The lowest BCUT2D eigenvalue weighted by Crippen LogP contribution is -2.14. The molecule has 3 aromatic rings. The first-order valence-corrected chi connectivity index (χ1v) is 6.43. The fraction of sp³-hybridized carbons (Fsp3) is 0.0625. The van der Waals surface area contributed by atoms with E-state index in [1.807, 2.05) is 30.5 Å². The molecule has 0 saturated carbocycles. The van der Waals surface area contributed by atoms with E-state index < -0.39 is 0 Å². The number of carbonyl (C=O) groups excluding carboxylic acids is 1. The van der Waals surface area contributed by atoms with Crippen LogP contribution in [0.3, 0.4) is 0 Å². The predicted molar refractivity (Wildman–Crippen MR) is 81.5 cm³/mol. The van der Waals surface area contributed by atoms with Crippen molar-refractivity contribution in [2.24, 2.45) is 0 Å². The Morgan fingerprint density at radius 3 is 2.65 bits per heavy atom. The molecule has 3 rings (SSSR count). The minimum atomic E-state index is -0.0421. The highest BCUT2D eigenvalue weighted by molar-refractivity contribution is 5.95. The molecule has 0 aliphatic carbocycles. The van der Waals surface area contributed by atoms with Gasteiger partial charge in [-0.2, -0.15) is 0 Å². The van der Waals surface area contributed by atoms with Crippen molar-refractivity contribution in [2.45, 2.75) is 6.42 Å². The number of carbonyl (C=O) groups is 1. The van der Waals surface area contributed by atoms with E-state index >= 15 is 0 Å². The summed E-state index contributed by atoms with van der Waals surface area (Å²) in [6.07, 6.45) is 2.22. The smallest absolute Gasteiger partial charge is 0.228 e. The van der Waals surface area contributed by atoms with Crippen LogP contribution in [0.4, 0.5) is 11.4 Å². The third-order valence-electron chi connectivity index (χ3n) is 3.22. The van der Waals surface area contributed by atoms with E-state index in [2.05, 4.69) is 10.3 Å². The molecule has 0 spiro atoms. The summed E-state index contributed by atoms with van der Waals surface area (Å²) >= 11 is 0. The first-order valence-electron chi connectivity index (χ1n) is 6.43. The fourth-order valence-electron chi connectivity index (χ4n) is 2.22. The normalized spacial score (nSPS) is 10.6. The molecule has 0 aliphatic heterocycles. The minimum absolute atomic E-state index is 0.0421. The standard InChI is InChI=1S/C16H15N3O/c17-12-5-7-13(8-6-12)19-16(20)9-11-10-18-15-4-2-1-3-14(11)15/h1-8,10,18H,9,17H2,(H,19,20). The molecule has 100 valence electrons. The van der Waals surface area contributed by atoms with Crippen molar-refractivity contribution in [1.82, 2.24) is 4.98 Å². The third-order valence-corrected chi connectivity index (χ3v) is 3.22. The zero-order valence-electron chi connectivity index (χ0n) is 10.9. The zero-order valence-corrected chi connectivity index (χ0v) is 10.9. The molecule has 0 saturated heterocycles. The molecule has 0 unspecified atom stereocenters. The topological polar surface area (TPSA) is 70.9 Å². The van der Waals surface area contributed by atoms with Crippen molar-refractivity contribution in [1.29, 1.82) is 0 Å². The summed E-state index contributed by atoms with van der Waals surface area (Å²) < 4.78 is 0. The highest BCUT2D eigenvalue weighted by Gasteiger charge is 2.08. The van der Waals surface area contributed by atoms with Gasteiger partial charge in [0.25, 0.3) is 0 Å². The number of rotatable bonds is 3. The van der Waals surface area contributed by atoms with Crippen LogP contribution in [-0.2, 0) is 11.2 Å². The molecule has 0 atom stereocenters. The summed E-state index contributed by atoms with van der Waals surface area (Å²) in [5.74, 6) is -0.0421. The Kier molecular flexibility index (Phi) is 3.13. The number of nitrogens with two attached hydrogens (primary N) is 1. The van der Waals surface area contributed by atoms with E-state index in [1.165, 1.54) is 0 Å². The maximum atomic E-state index is 12.1. The number of hydrogen-bond acceptors (Lipinski definition) is 2. The Morgan fingerprint density at radius 2 is 1.85 bits per heavy atom. The fourth-order valence-corrected chi connectivity index (χ4v) is 2.22. The number of para-hydroxylation sites is 1. The molecule has 1 heterocycles. The number of fused-ring (bicyclic) bond motifs is 1. The minimum Gasteiger partial charge on any atom is -0.399 e. The Bertz CT molecular complexity index is 744. The Balaban J connectivity index is 1.74. The van der Waals surface area contributed by atoms with Gasteiger partial charge in [-0.15, -0.1) is 0 Å². The van der Waals surface area contributed by atoms with Crippen LogP contribution in [0.2, 0.25) is 0 Å². The summed E-state index contributed by atoms with van der Waals surface area (Å²) in [5.41, 5.74) is 9.08. The van der Waals surface area contributed by atoms with Crippen molar-refractivity contribution in [3.8, 4) is 0 Å². The van der Waals surface area contributed by atoms with Gasteiger partial charge in [0.05, 0.1) is 6.42 Å². The van der Waals surface area contributed by atoms with Crippen LogP contribution in [-0.4, -0.2) is 10.9 Å². The van der Waals surface area contributed by atoms with Gasteiger partial charge >= 0.3 is 0 Å². The number of benzene rings is 2. The molecule has 4 N–H and O–H groups in total. The van der Waals surface area contributed by atoms with Crippen LogP contribution in [0.1, 0.15) is 5.56 Å². The van der Waals surface area contributed by atoms with Crippen LogP contribution < -0.4 is 11.1 Å². The number of nitrogen functional groups attached to an aromatic ring is 1. The van der Waals surface area contributed by atoms with Gasteiger partial charge in [-0.3, -0.25) is 4.79 Å². The molecule has 4 heteroatoms. The molecule has 1 aromatic heterocycles. The van der Waals surface area contributed by atoms with Crippen molar-refractivity contribution in [2.75, 3.05) is 11.1 Å². The molecule has 0 radical (unpaired) electrons. The van der Waals surface area contributed by atoms with E-state index in [0.29, 0.717) is 12.1 Å². The molecule has 20 heavy (non-hydrogen) atoms. The highest BCUT2D eigenvalue weighted by atomic mass is 16.1. The van der Waals surface area contributed by atoms with Crippen LogP contribution in [0.15, 0.2) is 54.7 Å². The van der Waals surface area contributed by atoms with E-state index in [1.54, 1.807) is 24.3 Å². The maximum absolute atomic E-state index is 12.1. The van der Waals surface area contributed by atoms with E-state index in [0.717, 1.165) is 22.2 Å². The van der Waals surface area contributed by atoms with Crippen molar-refractivity contribution in [3.63, 3.8) is 0 Å². The van der Waals surface area contributed by atoms with Gasteiger partial charge < -0.3 is 16.0 Å². The maximum Gasteiger partial charge on any atom is 0.228 e. The van der Waals surface area contributed by atoms with Gasteiger partial charge in [-0.25, -0.2) is 0 Å². The van der Waals surface area contributed by atoms with Gasteiger partial charge in [-0.1, -0.05) is 18.2 Å². The highest BCUT2D eigenvalue weighted by Crippen LogP contribution is 2.19. The van der Waals surface area contributed by atoms with Crippen LogP contribution in [0.5, 0.6) is 0 Å². The Hall–Kier alpha value is -2.75. The second-order valence-electron chi connectivity index (χ2n) is 4.71. The second-order valence-corrected chi connectivity index (χ2v) is 4.71. The second kappa shape index (κ2) is 5.09. The molecule has 4 nitrogen and oxygen atoms in total. The molecule has 2 aromatic carbocycles. The summed E-state index contributed by atoms with van der Waals surface area (Å²) in [7, 11) is 0. The quantitative estimate of drug-likeness (QED) is 0.637. The number of aromatic nitrogens is 1. The van der Waals surface area contributed by atoms with E-state index in [4.69, 9.17) is 5.73 Å². The summed E-state index contributed by atoms with van der Waals surface area (Å²) in [5, 5.41) is 3.95.